The lowest BCUT2D eigenvalue weighted by atomic mass is 10.0. The molecule has 1 aromatic rings. The maximum absolute atomic E-state index is 11.1. The van der Waals surface area contributed by atoms with Crippen LogP contribution in [0.5, 0.6) is 0 Å². The zero-order chi connectivity index (χ0) is 13.0. The third-order valence-electron chi connectivity index (χ3n) is 3.27. The molecule has 0 saturated heterocycles. The fourth-order valence-corrected chi connectivity index (χ4v) is 1.98. The first-order chi connectivity index (χ1) is 8.02. The first-order valence-corrected chi connectivity index (χ1v) is 5.95. The summed E-state index contributed by atoms with van der Waals surface area (Å²) in [6, 6.07) is 1.79. The Morgan fingerprint density at radius 3 is 2.71 bits per heavy atom. The quantitative estimate of drug-likeness (QED) is 0.830. The molecular formula is C13H21NO3. The van der Waals surface area contributed by atoms with Crippen LogP contribution in [0.4, 0.5) is 0 Å². The number of nitrogens with zero attached hydrogens (tertiary/aromatic N) is 1. The molecule has 0 spiro atoms. The van der Waals surface area contributed by atoms with E-state index in [0.29, 0.717) is 24.6 Å². The summed E-state index contributed by atoms with van der Waals surface area (Å²) in [7, 11) is 1.65. The summed E-state index contributed by atoms with van der Waals surface area (Å²) >= 11 is 0. The number of ether oxygens (including phenoxy) is 1. The van der Waals surface area contributed by atoms with Crippen LogP contribution in [-0.2, 0) is 11.3 Å². The van der Waals surface area contributed by atoms with E-state index in [-0.39, 0.29) is 0 Å². The van der Waals surface area contributed by atoms with Gasteiger partial charge in [-0.15, -0.1) is 0 Å². The lowest BCUT2D eigenvalue weighted by Gasteiger charge is -2.15. The summed E-state index contributed by atoms with van der Waals surface area (Å²) in [5, 5.41) is 9.14. The number of hydrogen-bond acceptors (Lipinski definition) is 2. The predicted octanol–water partition coefficient (Wildman–Crippen LogP) is 2.65. The highest BCUT2D eigenvalue weighted by Crippen LogP contribution is 2.25. The Labute approximate surface area is 102 Å². The van der Waals surface area contributed by atoms with E-state index >= 15 is 0 Å². The van der Waals surface area contributed by atoms with Crippen molar-refractivity contribution in [3.05, 3.63) is 23.0 Å². The number of carbonyl (C=O) groups is 1. The molecule has 0 amide bonds. The van der Waals surface area contributed by atoms with Gasteiger partial charge in [0.15, 0.2) is 0 Å². The van der Waals surface area contributed by atoms with Crippen molar-refractivity contribution in [3.63, 3.8) is 0 Å². The smallest absolute Gasteiger partial charge is 0.337 e. The van der Waals surface area contributed by atoms with E-state index in [1.807, 2.05) is 6.92 Å². The SMILES string of the molecule is CCC(C)c1cc(C(=O)O)c(C)n1CCOC. The molecule has 1 N–H and O–H groups in total. The van der Waals surface area contributed by atoms with Crippen molar-refractivity contribution < 1.29 is 14.6 Å². The number of carboxylic acids is 1. The first kappa shape index (κ1) is 13.8. The number of aromatic nitrogens is 1. The molecule has 96 valence electrons. The number of methoxy groups -OCH3 is 1. The molecule has 0 aliphatic carbocycles. The molecule has 1 rings (SSSR count). The van der Waals surface area contributed by atoms with Crippen LogP contribution in [0, 0.1) is 6.92 Å². The van der Waals surface area contributed by atoms with E-state index in [2.05, 4.69) is 18.4 Å². The van der Waals surface area contributed by atoms with Gasteiger partial charge in [-0.2, -0.15) is 0 Å². The second kappa shape index (κ2) is 5.87. The Hall–Kier alpha value is -1.29. The molecule has 4 heteroatoms. The molecule has 4 nitrogen and oxygen atoms in total. The summed E-state index contributed by atoms with van der Waals surface area (Å²) < 4.78 is 7.13. The number of rotatable bonds is 6. The Balaban J connectivity index is 3.16. The van der Waals surface area contributed by atoms with Crippen LogP contribution in [0.1, 0.15) is 47.9 Å². The van der Waals surface area contributed by atoms with Gasteiger partial charge < -0.3 is 14.4 Å². The second-order valence-electron chi connectivity index (χ2n) is 4.33. The third-order valence-corrected chi connectivity index (χ3v) is 3.27. The van der Waals surface area contributed by atoms with Gasteiger partial charge in [-0.1, -0.05) is 13.8 Å². The molecule has 0 aliphatic rings. The van der Waals surface area contributed by atoms with Gasteiger partial charge in [-0.3, -0.25) is 0 Å². The van der Waals surface area contributed by atoms with Crippen LogP contribution in [0.2, 0.25) is 0 Å². The van der Waals surface area contributed by atoms with Gasteiger partial charge in [0, 0.05) is 25.0 Å². The van der Waals surface area contributed by atoms with Crippen molar-refractivity contribution in [1.29, 1.82) is 0 Å². The van der Waals surface area contributed by atoms with Gasteiger partial charge in [0.2, 0.25) is 0 Å². The Morgan fingerprint density at radius 2 is 2.24 bits per heavy atom. The molecular weight excluding hydrogens is 218 g/mol. The highest BCUT2D eigenvalue weighted by Gasteiger charge is 2.19. The average Bonchev–Trinajstić information content (AvgIpc) is 2.63. The number of aromatic carboxylic acids is 1. The third kappa shape index (κ3) is 2.88. The Bertz CT molecular complexity index is 396. The summed E-state index contributed by atoms with van der Waals surface area (Å²) in [5.41, 5.74) is 2.29. The highest BCUT2D eigenvalue weighted by molar-refractivity contribution is 5.89. The molecule has 1 aromatic heterocycles. The Kier molecular flexibility index (Phi) is 4.75. The maximum Gasteiger partial charge on any atom is 0.337 e. The van der Waals surface area contributed by atoms with Crippen molar-refractivity contribution in [1.82, 2.24) is 4.57 Å². The summed E-state index contributed by atoms with van der Waals surface area (Å²) in [5.74, 6) is -0.498. The molecule has 1 unspecified atom stereocenters. The molecule has 1 heterocycles. The summed E-state index contributed by atoms with van der Waals surface area (Å²) in [6.07, 6.45) is 0.996. The van der Waals surface area contributed by atoms with Crippen molar-refractivity contribution in [2.24, 2.45) is 0 Å². The van der Waals surface area contributed by atoms with E-state index < -0.39 is 5.97 Å². The first-order valence-electron chi connectivity index (χ1n) is 5.95. The van der Waals surface area contributed by atoms with E-state index in [9.17, 15) is 4.79 Å². The molecule has 17 heavy (non-hydrogen) atoms. The second-order valence-corrected chi connectivity index (χ2v) is 4.33. The lowest BCUT2D eigenvalue weighted by Crippen LogP contribution is -2.11. The van der Waals surface area contributed by atoms with E-state index in [0.717, 1.165) is 17.8 Å². The van der Waals surface area contributed by atoms with Crippen molar-refractivity contribution in [2.75, 3.05) is 13.7 Å². The molecule has 0 radical (unpaired) electrons. The normalized spacial score (nSPS) is 12.7. The van der Waals surface area contributed by atoms with E-state index in [1.54, 1.807) is 13.2 Å². The van der Waals surface area contributed by atoms with Crippen LogP contribution in [0.15, 0.2) is 6.07 Å². The largest absolute Gasteiger partial charge is 0.478 e. The zero-order valence-electron chi connectivity index (χ0n) is 11.0. The summed E-state index contributed by atoms with van der Waals surface area (Å²) in [6.45, 7) is 7.37. The molecule has 0 saturated carbocycles. The maximum atomic E-state index is 11.1. The minimum atomic E-state index is -0.858. The standard InChI is InChI=1S/C13H21NO3/c1-5-9(2)12-8-11(13(15)16)10(3)14(12)6-7-17-4/h8-9H,5-7H2,1-4H3,(H,15,16). The van der Waals surface area contributed by atoms with Gasteiger partial charge in [0.1, 0.15) is 0 Å². The fourth-order valence-electron chi connectivity index (χ4n) is 1.98. The minimum absolute atomic E-state index is 0.360. The topological polar surface area (TPSA) is 51.5 Å². The minimum Gasteiger partial charge on any atom is -0.478 e. The van der Waals surface area contributed by atoms with Crippen LogP contribution in [0.3, 0.4) is 0 Å². The number of hydrogen-bond donors (Lipinski definition) is 1. The van der Waals surface area contributed by atoms with Gasteiger partial charge in [0.05, 0.1) is 12.2 Å². The van der Waals surface area contributed by atoms with Crippen LogP contribution < -0.4 is 0 Å². The van der Waals surface area contributed by atoms with E-state index in [4.69, 9.17) is 9.84 Å². The summed E-state index contributed by atoms with van der Waals surface area (Å²) in [4.78, 5) is 11.1. The molecule has 0 fully saturated rings. The van der Waals surface area contributed by atoms with Gasteiger partial charge >= 0.3 is 5.97 Å². The fraction of sp³-hybridized carbons (Fsp3) is 0.615. The monoisotopic (exact) mass is 239 g/mol. The Morgan fingerprint density at radius 1 is 1.59 bits per heavy atom. The van der Waals surface area contributed by atoms with Crippen LogP contribution in [-0.4, -0.2) is 29.4 Å². The molecule has 1 atom stereocenters. The van der Waals surface area contributed by atoms with Crippen LogP contribution in [0.25, 0.3) is 0 Å². The van der Waals surface area contributed by atoms with Crippen molar-refractivity contribution >= 4 is 5.97 Å². The van der Waals surface area contributed by atoms with E-state index in [1.165, 1.54) is 0 Å². The predicted molar refractivity (Wildman–Crippen MR) is 66.7 cm³/mol. The van der Waals surface area contributed by atoms with Crippen LogP contribution >= 0.6 is 0 Å². The molecule has 0 aromatic carbocycles. The van der Waals surface area contributed by atoms with Gasteiger partial charge in [-0.25, -0.2) is 4.79 Å². The molecule has 0 aliphatic heterocycles. The van der Waals surface area contributed by atoms with Gasteiger partial charge in [0.25, 0.3) is 0 Å². The average molecular weight is 239 g/mol. The zero-order valence-corrected chi connectivity index (χ0v) is 11.0. The van der Waals surface area contributed by atoms with Crippen molar-refractivity contribution in [3.8, 4) is 0 Å². The molecule has 0 bridgehead atoms. The highest BCUT2D eigenvalue weighted by atomic mass is 16.5. The number of carboxylic acid groups (broad SMARTS) is 1. The van der Waals surface area contributed by atoms with Crippen molar-refractivity contribution in [2.45, 2.75) is 39.7 Å². The lowest BCUT2D eigenvalue weighted by molar-refractivity contribution is 0.0696. The van der Waals surface area contributed by atoms with Gasteiger partial charge in [-0.05, 0) is 25.3 Å².